The second kappa shape index (κ2) is 2.19. The van der Waals surface area contributed by atoms with Crippen molar-refractivity contribution >= 4 is 5.97 Å². The third-order valence-electron chi connectivity index (χ3n) is 2.99. The van der Waals surface area contributed by atoms with Crippen molar-refractivity contribution in [3.8, 4) is 0 Å². The zero-order valence-corrected chi connectivity index (χ0v) is 6.42. The molecule has 2 aliphatic rings. The number of rotatable bonds is 1. The fraction of sp³-hybridized carbons (Fsp3) is 0.857. The highest BCUT2D eigenvalue weighted by Crippen LogP contribution is 2.58. The Morgan fingerprint density at radius 2 is 2.36 bits per heavy atom. The van der Waals surface area contributed by atoms with Crippen molar-refractivity contribution in [3.63, 3.8) is 0 Å². The maximum Gasteiger partial charge on any atom is 0.311 e. The maximum atomic E-state index is 10.7. The lowest BCUT2D eigenvalue weighted by Crippen LogP contribution is -2.33. The van der Waals surface area contributed by atoms with Crippen LogP contribution in [-0.4, -0.2) is 29.1 Å². The van der Waals surface area contributed by atoms with Gasteiger partial charge in [0.2, 0.25) is 0 Å². The molecule has 1 saturated heterocycles. The van der Waals surface area contributed by atoms with Gasteiger partial charge in [-0.2, -0.15) is 0 Å². The average molecular weight is 159 g/mol. The smallest absolute Gasteiger partial charge is 0.311 e. The minimum atomic E-state index is -0.616. The predicted molar refractivity (Wildman–Crippen MR) is 39.3 cm³/mol. The molecule has 3 unspecified atom stereocenters. The zero-order valence-electron chi connectivity index (χ0n) is 6.42. The third-order valence-corrected chi connectivity index (χ3v) is 2.99. The van der Waals surface area contributed by atoms with Crippen molar-refractivity contribution in [1.29, 1.82) is 0 Å². The van der Waals surface area contributed by atoms with Crippen LogP contribution >= 0.6 is 0 Å². The molecule has 0 radical (unpaired) electrons. The minimum absolute atomic E-state index is 0. The lowest BCUT2D eigenvalue weighted by Gasteiger charge is -2.13. The Bertz CT molecular complexity index is 194. The maximum absolute atomic E-state index is 10.7. The van der Waals surface area contributed by atoms with Gasteiger partial charge in [-0.3, -0.25) is 4.79 Å². The number of piperidine rings is 1. The molecule has 0 amide bonds. The first kappa shape index (κ1) is 8.49. The Morgan fingerprint density at radius 3 is 2.55 bits per heavy atom. The molecule has 4 heteroatoms. The largest absolute Gasteiger partial charge is 0.481 e. The summed E-state index contributed by atoms with van der Waals surface area (Å²) < 4.78 is 0. The summed E-state index contributed by atoms with van der Waals surface area (Å²) in [7, 11) is 0. The van der Waals surface area contributed by atoms with E-state index in [0.29, 0.717) is 5.92 Å². The first-order valence-electron chi connectivity index (χ1n) is 3.64. The van der Waals surface area contributed by atoms with Gasteiger partial charge in [0.25, 0.3) is 0 Å². The molecule has 0 aromatic heterocycles. The van der Waals surface area contributed by atoms with Crippen molar-refractivity contribution < 1.29 is 15.4 Å². The van der Waals surface area contributed by atoms with E-state index < -0.39 is 5.97 Å². The van der Waals surface area contributed by atoms with E-state index in [4.69, 9.17) is 5.11 Å². The molecule has 1 aliphatic heterocycles. The molecule has 1 saturated carbocycles. The van der Waals surface area contributed by atoms with E-state index in [9.17, 15) is 4.79 Å². The molecular weight excluding hydrogens is 146 g/mol. The number of hydrogen-bond donors (Lipinski definition) is 2. The topological polar surface area (TPSA) is 80.8 Å². The summed E-state index contributed by atoms with van der Waals surface area (Å²) in [5.41, 5.74) is -0.375. The molecule has 1 aliphatic carbocycles. The molecule has 4 nitrogen and oxygen atoms in total. The van der Waals surface area contributed by atoms with Crippen molar-refractivity contribution in [1.82, 2.24) is 5.32 Å². The molecule has 0 aromatic carbocycles. The molecule has 4 N–H and O–H groups in total. The zero-order chi connectivity index (χ0) is 7.35. The summed E-state index contributed by atoms with van der Waals surface area (Å²) in [4.78, 5) is 10.7. The molecule has 64 valence electrons. The van der Waals surface area contributed by atoms with Crippen molar-refractivity contribution in [2.45, 2.75) is 19.4 Å². The summed E-state index contributed by atoms with van der Waals surface area (Å²) in [6.45, 7) is 2.86. The monoisotopic (exact) mass is 159 g/mol. The first-order chi connectivity index (χ1) is 4.68. The van der Waals surface area contributed by atoms with E-state index in [1.165, 1.54) is 0 Å². The average Bonchev–Trinajstić information content (AvgIpc) is 2.52. The summed E-state index contributed by atoms with van der Waals surface area (Å²) in [5, 5.41) is 12.0. The van der Waals surface area contributed by atoms with Crippen LogP contribution in [0.3, 0.4) is 0 Å². The van der Waals surface area contributed by atoms with Crippen molar-refractivity contribution in [2.75, 3.05) is 6.54 Å². The van der Waals surface area contributed by atoms with E-state index in [1.54, 1.807) is 0 Å². The lowest BCUT2D eigenvalue weighted by atomic mass is 9.99. The Labute approximate surface area is 64.9 Å². The van der Waals surface area contributed by atoms with E-state index in [0.717, 1.165) is 13.0 Å². The summed E-state index contributed by atoms with van der Waals surface area (Å²) in [5.74, 6) is -0.199. The molecule has 0 bridgehead atoms. The number of carbonyl (C=O) groups is 1. The predicted octanol–water partition coefficient (Wildman–Crippen LogP) is -0.756. The van der Waals surface area contributed by atoms with Crippen LogP contribution in [0.2, 0.25) is 0 Å². The van der Waals surface area contributed by atoms with Gasteiger partial charge < -0.3 is 15.9 Å². The van der Waals surface area contributed by atoms with E-state index in [-0.39, 0.29) is 16.9 Å². The molecule has 1 heterocycles. The Kier molecular flexibility index (Phi) is 1.69. The summed E-state index contributed by atoms with van der Waals surface area (Å²) >= 11 is 0. The Hall–Kier alpha value is -0.610. The van der Waals surface area contributed by atoms with Gasteiger partial charge in [0.1, 0.15) is 0 Å². The first-order valence-corrected chi connectivity index (χ1v) is 3.64. The Balaban J connectivity index is 0.000000605. The fourth-order valence-electron chi connectivity index (χ4n) is 2.08. The van der Waals surface area contributed by atoms with E-state index in [2.05, 4.69) is 5.32 Å². The Morgan fingerprint density at radius 1 is 1.73 bits per heavy atom. The van der Waals surface area contributed by atoms with Crippen molar-refractivity contribution in [3.05, 3.63) is 0 Å². The number of aliphatic carboxylic acids is 1. The molecule has 0 spiro atoms. The van der Waals surface area contributed by atoms with E-state index in [1.807, 2.05) is 6.92 Å². The second-order valence-electron chi connectivity index (χ2n) is 3.38. The van der Waals surface area contributed by atoms with Gasteiger partial charge in [-0.25, -0.2) is 0 Å². The third kappa shape index (κ3) is 0.795. The van der Waals surface area contributed by atoms with Crippen LogP contribution < -0.4 is 5.32 Å². The number of carboxylic acids is 1. The van der Waals surface area contributed by atoms with Gasteiger partial charge in [0.05, 0.1) is 5.41 Å². The molecular formula is C7H13NO3. The normalized spacial score (nSPS) is 45.9. The second-order valence-corrected chi connectivity index (χ2v) is 3.38. The molecule has 11 heavy (non-hydrogen) atoms. The number of nitrogens with one attached hydrogen (secondary N) is 1. The summed E-state index contributed by atoms with van der Waals surface area (Å²) in [6.07, 6.45) is 0.885. The van der Waals surface area contributed by atoms with Crippen molar-refractivity contribution in [2.24, 2.45) is 11.3 Å². The number of hydrogen-bond acceptors (Lipinski definition) is 2. The highest BCUT2D eigenvalue weighted by Gasteiger charge is 2.66. The molecule has 0 aromatic rings. The molecule has 2 fully saturated rings. The van der Waals surface area contributed by atoms with Crippen LogP contribution in [0.4, 0.5) is 0 Å². The number of carboxylic acid groups (broad SMARTS) is 1. The van der Waals surface area contributed by atoms with Gasteiger partial charge in [0, 0.05) is 6.04 Å². The van der Waals surface area contributed by atoms with Crippen LogP contribution in [0.25, 0.3) is 0 Å². The van der Waals surface area contributed by atoms with Crippen LogP contribution in [0.5, 0.6) is 0 Å². The van der Waals surface area contributed by atoms with Crippen LogP contribution in [0.1, 0.15) is 13.3 Å². The SMILES string of the molecule is CC1NCC2CC21C(=O)O.O. The van der Waals surface area contributed by atoms with Crippen LogP contribution in [-0.2, 0) is 4.79 Å². The highest BCUT2D eigenvalue weighted by atomic mass is 16.4. The minimum Gasteiger partial charge on any atom is -0.481 e. The van der Waals surface area contributed by atoms with Gasteiger partial charge in [-0.1, -0.05) is 0 Å². The lowest BCUT2D eigenvalue weighted by molar-refractivity contribution is -0.144. The van der Waals surface area contributed by atoms with Crippen LogP contribution in [0, 0.1) is 11.3 Å². The standard InChI is InChI=1S/C7H11NO2.H2O/c1-4-7(6(9)10)2-5(7)3-8-4;/h4-5,8H,2-3H2,1H3,(H,9,10);1H2. The fourth-order valence-corrected chi connectivity index (χ4v) is 2.08. The van der Waals surface area contributed by atoms with Crippen LogP contribution in [0.15, 0.2) is 0 Å². The highest BCUT2D eigenvalue weighted by molar-refractivity contribution is 5.80. The van der Waals surface area contributed by atoms with Gasteiger partial charge >= 0.3 is 5.97 Å². The quantitative estimate of drug-likeness (QED) is 0.528. The van der Waals surface area contributed by atoms with E-state index >= 15 is 0 Å². The van der Waals surface area contributed by atoms with Gasteiger partial charge in [-0.05, 0) is 25.8 Å². The van der Waals surface area contributed by atoms with Gasteiger partial charge in [-0.15, -0.1) is 0 Å². The summed E-state index contributed by atoms with van der Waals surface area (Å²) in [6, 6.07) is 0.176. The molecule has 3 atom stereocenters. The number of fused-ring (bicyclic) bond motifs is 1. The van der Waals surface area contributed by atoms with Gasteiger partial charge in [0.15, 0.2) is 0 Å². The molecule has 2 rings (SSSR count).